The number of hydrogen-bond acceptors (Lipinski definition) is 2. The first-order valence-electron chi connectivity index (χ1n) is 10.5. The molecule has 0 radical (unpaired) electrons. The fraction of sp³-hybridized carbons (Fsp3) is 0.455. The van der Waals surface area contributed by atoms with Crippen molar-refractivity contribution in [1.29, 1.82) is 0 Å². The summed E-state index contributed by atoms with van der Waals surface area (Å²) in [7, 11) is 0. The molecular weight excluding hydrogens is 444 g/mol. The van der Waals surface area contributed by atoms with E-state index in [2.05, 4.69) is 0 Å². The van der Waals surface area contributed by atoms with Crippen LogP contribution in [0.1, 0.15) is 38.5 Å². The molecule has 0 spiro atoms. The number of piperidine rings is 2. The van der Waals surface area contributed by atoms with Gasteiger partial charge in [-0.2, -0.15) is 0 Å². The minimum absolute atomic E-state index is 0.128. The quantitative estimate of drug-likeness (QED) is 0.381. The van der Waals surface area contributed by atoms with Crippen LogP contribution in [0.15, 0.2) is 0 Å². The summed E-state index contributed by atoms with van der Waals surface area (Å²) in [4.78, 5) is 2.19. The third-order valence-corrected chi connectivity index (χ3v) is 6.07. The molecule has 0 unspecified atom stereocenters. The summed E-state index contributed by atoms with van der Waals surface area (Å²) < 4.78 is 118. The first-order valence-corrected chi connectivity index (χ1v) is 10.5. The summed E-state index contributed by atoms with van der Waals surface area (Å²) in [6, 6.07) is 0. The van der Waals surface area contributed by atoms with E-state index in [0.29, 0.717) is 25.7 Å². The average Bonchev–Trinajstić information content (AvgIpc) is 2.80. The molecule has 2 nitrogen and oxygen atoms in total. The van der Waals surface area contributed by atoms with Crippen molar-refractivity contribution in [2.24, 2.45) is 0 Å². The van der Waals surface area contributed by atoms with Gasteiger partial charge in [0, 0.05) is 26.2 Å². The molecule has 2 fully saturated rings. The number of benzene rings is 2. The van der Waals surface area contributed by atoms with Gasteiger partial charge in [0.25, 0.3) is 0 Å². The summed E-state index contributed by atoms with van der Waals surface area (Å²) in [6.07, 6.45) is 3.65. The Morgan fingerprint density at radius 2 is 0.594 bits per heavy atom. The van der Waals surface area contributed by atoms with Gasteiger partial charge >= 0.3 is 0 Å². The van der Waals surface area contributed by atoms with E-state index in [1.807, 2.05) is 0 Å². The Bertz CT molecular complexity index is 902. The van der Waals surface area contributed by atoms with Gasteiger partial charge in [0.15, 0.2) is 46.5 Å². The van der Waals surface area contributed by atoms with E-state index in [1.54, 1.807) is 0 Å². The van der Waals surface area contributed by atoms with Gasteiger partial charge in [-0.3, -0.25) is 0 Å². The number of anilines is 2. The van der Waals surface area contributed by atoms with E-state index in [4.69, 9.17) is 0 Å². The molecule has 0 atom stereocenters. The van der Waals surface area contributed by atoms with Crippen molar-refractivity contribution in [2.75, 3.05) is 36.0 Å². The van der Waals surface area contributed by atoms with Crippen LogP contribution in [0.25, 0.3) is 11.1 Å². The first-order chi connectivity index (χ1) is 15.3. The van der Waals surface area contributed by atoms with E-state index < -0.39 is 69.0 Å². The third-order valence-electron chi connectivity index (χ3n) is 6.07. The lowest BCUT2D eigenvalue weighted by Gasteiger charge is -2.30. The fourth-order valence-electron chi connectivity index (χ4n) is 4.47. The summed E-state index contributed by atoms with van der Waals surface area (Å²) in [5.41, 5.74) is -5.65. The highest BCUT2D eigenvalue weighted by Crippen LogP contribution is 2.42. The Labute approximate surface area is 179 Å². The van der Waals surface area contributed by atoms with Crippen molar-refractivity contribution in [3.05, 3.63) is 46.5 Å². The van der Waals surface area contributed by atoms with Crippen LogP contribution in [-0.2, 0) is 0 Å². The molecule has 2 saturated heterocycles. The van der Waals surface area contributed by atoms with E-state index in [0.717, 1.165) is 22.6 Å². The zero-order valence-electron chi connectivity index (χ0n) is 17.0. The Morgan fingerprint density at radius 3 is 0.844 bits per heavy atom. The van der Waals surface area contributed by atoms with Gasteiger partial charge in [-0.1, -0.05) is 0 Å². The second kappa shape index (κ2) is 8.78. The van der Waals surface area contributed by atoms with Crippen molar-refractivity contribution in [2.45, 2.75) is 38.5 Å². The predicted octanol–water partition coefficient (Wildman–Crippen LogP) is 6.45. The van der Waals surface area contributed by atoms with Crippen LogP contribution in [0, 0.1) is 46.5 Å². The molecule has 174 valence electrons. The van der Waals surface area contributed by atoms with Gasteiger partial charge in [0.05, 0.1) is 11.1 Å². The van der Waals surface area contributed by atoms with Crippen LogP contribution >= 0.6 is 0 Å². The van der Waals surface area contributed by atoms with Crippen LogP contribution in [0.3, 0.4) is 0 Å². The van der Waals surface area contributed by atoms with Gasteiger partial charge in [-0.05, 0) is 38.5 Å². The molecular formula is C22H20F8N2. The normalized spacial score (nSPS) is 17.2. The minimum atomic E-state index is -2.12. The average molecular weight is 464 g/mol. The molecule has 2 aliphatic heterocycles. The van der Waals surface area contributed by atoms with Crippen molar-refractivity contribution in [3.8, 4) is 11.1 Å². The zero-order valence-corrected chi connectivity index (χ0v) is 17.0. The van der Waals surface area contributed by atoms with Crippen molar-refractivity contribution < 1.29 is 35.1 Å². The van der Waals surface area contributed by atoms with Gasteiger partial charge < -0.3 is 9.80 Å². The van der Waals surface area contributed by atoms with Crippen LogP contribution in [0.2, 0.25) is 0 Å². The summed E-state index contributed by atoms with van der Waals surface area (Å²) in [5.74, 6) is -16.0. The molecule has 10 heteroatoms. The highest BCUT2D eigenvalue weighted by atomic mass is 19.2. The number of rotatable bonds is 3. The smallest absolute Gasteiger partial charge is 0.185 e. The van der Waals surface area contributed by atoms with E-state index >= 15 is 0 Å². The number of nitrogens with zero attached hydrogens (tertiary/aromatic N) is 2. The van der Waals surface area contributed by atoms with Gasteiger partial charge in [-0.25, -0.2) is 35.1 Å². The molecule has 2 aromatic carbocycles. The third kappa shape index (κ3) is 3.57. The summed E-state index contributed by atoms with van der Waals surface area (Å²) >= 11 is 0. The van der Waals surface area contributed by atoms with Crippen molar-refractivity contribution >= 4 is 11.4 Å². The van der Waals surface area contributed by atoms with Crippen molar-refractivity contribution in [3.63, 3.8) is 0 Å². The van der Waals surface area contributed by atoms with Crippen molar-refractivity contribution in [1.82, 2.24) is 0 Å². The van der Waals surface area contributed by atoms with Gasteiger partial charge in [0.1, 0.15) is 11.4 Å². The molecule has 32 heavy (non-hydrogen) atoms. The Hall–Kier alpha value is -2.52. The second-order valence-electron chi connectivity index (χ2n) is 8.05. The van der Waals surface area contributed by atoms with Crippen LogP contribution < -0.4 is 9.80 Å². The monoisotopic (exact) mass is 464 g/mol. The zero-order chi connectivity index (χ0) is 23.2. The predicted molar refractivity (Wildman–Crippen MR) is 104 cm³/mol. The number of hydrogen-bond donors (Lipinski definition) is 0. The second-order valence-corrected chi connectivity index (χ2v) is 8.05. The van der Waals surface area contributed by atoms with E-state index in [-0.39, 0.29) is 26.2 Å². The van der Waals surface area contributed by atoms with E-state index in [9.17, 15) is 35.1 Å². The molecule has 2 aromatic rings. The maximum absolute atomic E-state index is 14.8. The molecule has 4 rings (SSSR count). The fourth-order valence-corrected chi connectivity index (χ4v) is 4.47. The van der Waals surface area contributed by atoms with Crippen LogP contribution in [-0.4, -0.2) is 26.2 Å². The maximum Gasteiger partial charge on any atom is 0.185 e. The molecule has 2 heterocycles. The largest absolute Gasteiger partial charge is 0.367 e. The lowest BCUT2D eigenvalue weighted by Crippen LogP contribution is -2.32. The van der Waals surface area contributed by atoms with Crippen LogP contribution in [0.5, 0.6) is 0 Å². The molecule has 0 saturated carbocycles. The highest BCUT2D eigenvalue weighted by molar-refractivity contribution is 5.73. The lowest BCUT2D eigenvalue weighted by atomic mass is 9.98. The molecule has 0 bridgehead atoms. The maximum atomic E-state index is 14.8. The topological polar surface area (TPSA) is 6.48 Å². The van der Waals surface area contributed by atoms with Gasteiger partial charge in [-0.15, -0.1) is 0 Å². The molecule has 0 amide bonds. The van der Waals surface area contributed by atoms with E-state index in [1.165, 1.54) is 0 Å². The Morgan fingerprint density at radius 1 is 0.344 bits per heavy atom. The van der Waals surface area contributed by atoms with Crippen LogP contribution in [0.4, 0.5) is 46.5 Å². The molecule has 2 aliphatic rings. The standard InChI is InChI=1S/C22H20F8N2/c23-13-11(14(24)18(28)21(17(13)27)31-7-3-1-4-8-31)12-15(25)19(29)22(20(30)16(12)26)32-9-5-2-6-10-32/h1-10H2. The van der Waals surface area contributed by atoms with Gasteiger partial charge in [0.2, 0.25) is 0 Å². The Balaban J connectivity index is 1.90. The first kappa shape index (κ1) is 22.7. The lowest BCUT2D eigenvalue weighted by molar-refractivity contribution is 0.434. The highest BCUT2D eigenvalue weighted by Gasteiger charge is 2.36. The molecule has 0 N–H and O–H groups in total. The molecule has 0 aliphatic carbocycles. The Kier molecular flexibility index (Phi) is 6.22. The number of halogens is 8. The SMILES string of the molecule is Fc1c(F)c(N2CCCCC2)c(F)c(F)c1-c1c(F)c(F)c(N2CCCCC2)c(F)c1F. The summed E-state index contributed by atoms with van der Waals surface area (Å²) in [6.45, 7) is 0.510. The summed E-state index contributed by atoms with van der Waals surface area (Å²) in [5, 5.41) is 0. The minimum Gasteiger partial charge on any atom is -0.367 e. The molecule has 0 aromatic heterocycles.